The van der Waals surface area contributed by atoms with E-state index in [0.717, 1.165) is 19.4 Å². The standard InChI is InChI=1S/C15H24O.C12H26O5Si/c1-5-13(3)15-8-6-14(7-9-15)10-12(2)11-16-4;1-7-12(2,3)11(13)17-9-8-10-18(14-4,15-5)16-6/h6-9,12-13H,5,10-11H2,1-4H3;7-10H2,1-6H3. The van der Waals surface area contributed by atoms with Gasteiger partial charge in [-0.2, -0.15) is 0 Å². The van der Waals surface area contributed by atoms with Gasteiger partial charge < -0.3 is 22.8 Å². The third kappa shape index (κ3) is 11.9. The predicted molar refractivity (Wildman–Crippen MR) is 141 cm³/mol. The molecule has 0 heterocycles. The smallest absolute Gasteiger partial charge is 0.465 e. The molecule has 0 saturated carbocycles. The first kappa shape index (κ1) is 32.7. The quantitative estimate of drug-likeness (QED) is 0.162. The van der Waals surface area contributed by atoms with Gasteiger partial charge in [-0.3, -0.25) is 4.79 Å². The summed E-state index contributed by atoms with van der Waals surface area (Å²) in [6.07, 6.45) is 3.75. The molecule has 7 heteroatoms. The van der Waals surface area contributed by atoms with Crippen LogP contribution in [0, 0.1) is 11.3 Å². The highest BCUT2D eigenvalue weighted by atomic mass is 28.4. The molecule has 0 saturated heterocycles. The molecule has 1 rings (SSSR count). The summed E-state index contributed by atoms with van der Waals surface area (Å²) in [5.74, 6) is 1.11. The van der Waals surface area contributed by atoms with Crippen LogP contribution in [0.1, 0.15) is 77.8 Å². The van der Waals surface area contributed by atoms with E-state index < -0.39 is 14.2 Å². The van der Waals surface area contributed by atoms with Crippen molar-refractivity contribution in [3.8, 4) is 0 Å². The molecule has 2 unspecified atom stereocenters. The molecule has 0 radical (unpaired) electrons. The Labute approximate surface area is 210 Å². The average Bonchev–Trinajstić information content (AvgIpc) is 2.85. The average molecular weight is 499 g/mol. The third-order valence-corrected chi connectivity index (χ3v) is 9.26. The fraction of sp³-hybridized carbons (Fsp3) is 0.741. The zero-order valence-corrected chi connectivity index (χ0v) is 24.4. The molecule has 0 aromatic heterocycles. The van der Waals surface area contributed by atoms with Gasteiger partial charge in [-0.1, -0.05) is 52.0 Å². The van der Waals surface area contributed by atoms with Crippen molar-refractivity contribution in [2.45, 2.75) is 79.2 Å². The first-order valence-corrected chi connectivity index (χ1v) is 14.4. The number of esters is 1. The number of hydrogen-bond acceptors (Lipinski definition) is 6. The Morgan fingerprint density at radius 1 is 0.971 bits per heavy atom. The summed E-state index contributed by atoms with van der Waals surface area (Å²) in [5.41, 5.74) is 2.44. The SMILES string of the molecule is CCC(C)(C)C(=O)OCCC[Si](OC)(OC)OC.CCC(C)c1ccc(CC(C)COC)cc1. The van der Waals surface area contributed by atoms with Crippen molar-refractivity contribution in [3.05, 3.63) is 35.4 Å². The lowest BCUT2D eigenvalue weighted by atomic mass is 9.91. The summed E-state index contributed by atoms with van der Waals surface area (Å²) in [5, 5.41) is 0. The van der Waals surface area contributed by atoms with Crippen molar-refractivity contribution < 1.29 is 27.5 Å². The second-order valence-corrected chi connectivity index (χ2v) is 12.7. The minimum Gasteiger partial charge on any atom is -0.465 e. The number of hydrogen-bond donors (Lipinski definition) is 0. The maximum absolute atomic E-state index is 11.7. The van der Waals surface area contributed by atoms with Crippen LogP contribution in [0.3, 0.4) is 0 Å². The molecule has 0 aliphatic carbocycles. The molecular weight excluding hydrogens is 448 g/mol. The fourth-order valence-electron chi connectivity index (χ4n) is 3.31. The zero-order valence-electron chi connectivity index (χ0n) is 23.4. The maximum Gasteiger partial charge on any atom is 0.500 e. The summed E-state index contributed by atoms with van der Waals surface area (Å²) >= 11 is 0. The van der Waals surface area contributed by atoms with Gasteiger partial charge in [0.25, 0.3) is 0 Å². The van der Waals surface area contributed by atoms with Gasteiger partial charge in [0.15, 0.2) is 0 Å². The van der Waals surface area contributed by atoms with Crippen molar-refractivity contribution in [1.82, 2.24) is 0 Å². The van der Waals surface area contributed by atoms with Crippen LogP contribution in [0.5, 0.6) is 0 Å². The minimum atomic E-state index is -2.53. The van der Waals surface area contributed by atoms with Crippen LogP contribution in [-0.4, -0.2) is 56.4 Å². The number of methoxy groups -OCH3 is 1. The molecule has 34 heavy (non-hydrogen) atoms. The van der Waals surface area contributed by atoms with Crippen LogP contribution >= 0.6 is 0 Å². The van der Waals surface area contributed by atoms with Crippen LogP contribution in [0.4, 0.5) is 0 Å². The van der Waals surface area contributed by atoms with Gasteiger partial charge in [-0.05, 0) is 62.5 Å². The van der Waals surface area contributed by atoms with Gasteiger partial charge in [0.05, 0.1) is 12.0 Å². The number of rotatable bonds is 15. The molecule has 0 amide bonds. The van der Waals surface area contributed by atoms with E-state index in [1.165, 1.54) is 17.5 Å². The first-order chi connectivity index (χ1) is 16.0. The normalized spacial score (nSPS) is 13.6. The van der Waals surface area contributed by atoms with Crippen molar-refractivity contribution in [1.29, 1.82) is 0 Å². The largest absolute Gasteiger partial charge is 0.500 e. The third-order valence-electron chi connectivity index (χ3n) is 6.43. The predicted octanol–water partition coefficient (Wildman–Crippen LogP) is 6.26. The Kier molecular flexibility index (Phi) is 16.6. The Morgan fingerprint density at radius 2 is 1.53 bits per heavy atom. The number of carbonyl (C=O) groups is 1. The lowest BCUT2D eigenvalue weighted by Crippen LogP contribution is -2.42. The summed E-state index contributed by atoms with van der Waals surface area (Å²) < 4.78 is 26.3. The van der Waals surface area contributed by atoms with Gasteiger partial charge in [0.2, 0.25) is 0 Å². The van der Waals surface area contributed by atoms with E-state index in [2.05, 4.69) is 45.0 Å². The van der Waals surface area contributed by atoms with Crippen molar-refractivity contribution in [3.63, 3.8) is 0 Å². The van der Waals surface area contributed by atoms with Gasteiger partial charge in [-0.25, -0.2) is 0 Å². The lowest BCUT2D eigenvalue weighted by Gasteiger charge is -2.24. The molecule has 0 spiro atoms. The molecule has 0 aliphatic rings. The van der Waals surface area contributed by atoms with E-state index >= 15 is 0 Å². The van der Waals surface area contributed by atoms with E-state index in [9.17, 15) is 4.79 Å². The lowest BCUT2D eigenvalue weighted by molar-refractivity contribution is -0.154. The highest BCUT2D eigenvalue weighted by molar-refractivity contribution is 6.60. The van der Waals surface area contributed by atoms with E-state index in [1.807, 2.05) is 20.8 Å². The van der Waals surface area contributed by atoms with Crippen LogP contribution in [0.15, 0.2) is 24.3 Å². The molecule has 2 atom stereocenters. The van der Waals surface area contributed by atoms with Crippen LogP contribution in [-0.2, 0) is 34.0 Å². The Bertz CT molecular complexity index is 649. The fourth-order valence-corrected chi connectivity index (χ4v) is 5.00. The monoisotopic (exact) mass is 498 g/mol. The van der Waals surface area contributed by atoms with E-state index in [-0.39, 0.29) is 5.97 Å². The molecule has 1 aromatic carbocycles. The molecule has 1 aromatic rings. The van der Waals surface area contributed by atoms with E-state index in [1.54, 1.807) is 28.4 Å². The maximum atomic E-state index is 11.7. The Hall–Kier alpha value is -1.25. The molecule has 198 valence electrons. The van der Waals surface area contributed by atoms with Gasteiger partial charge in [0, 0.05) is 41.1 Å². The highest BCUT2D eigenvalue weighted by Crippen LogP contribution is 2.22. The molecular formula is C27H50O6Si. The molecule has 0 bridgehead atoms. The van der Waals surface area contributed by atoms with Crippen LogP contribution in [0.25, 0.3) is 0 Å². The second-order valence-electron chi connectivity index (χ2n) is 9.59. The minimum absolute atomic E-state index is 0.162. The van der Waals surface area contributed by atoms with Crippen molar-refractivity contribution in [2.75, 3.05) is 41.7 Å². The van der Waals surface area contributed by atoms with Gasteiger partial charge in [0.1, 0.15) is 0 Å². The van der Waals surface area contributed by atoms with Crippen LogP contribution in [0.2, 0.25) is 6.04 Å². The van der Waals surface area contributed by atoms with Gasteiger partial charge in [-0.15, -0.1) is 0 Å². The summed E-state index contributed by atoms with van der Waals surface area (Å²) in [7, 11) is 3.96. The molecule has 0 N–H and O–H groups in total. The number of benzene rings is 1. The Morgan fingerprint density at radius 3 is 1.97 bits per heavy atom. The van der Waals surface area contributed by atoms with Gasteiger partial charge >= 0.3 is 14.8 Å². The molecule has 0 aliphatic heterocycles. The summed E-state index contributed by atoms with van der Waals surface area (Å²) in [4.78, 5) is 11.7. The first-order valence-electron chi connectivity index (χ1n) is 12.4. The Balaban J connectivity index is 0.000000644. The van der Waals surface area contributed by atoms with Crippen molar-refractivity contribution in [2.24, 2.45) is 11.3 Å². The van der Waals surface area contributed by atoms with E-state index in [0.29, 0.717) is 30.9 Å². The number of ether oxygens (including phenoxy) is 2. The summed E-state index contributed by atoms with van der Waals surface area (Å²) in [6.45, 7) is 13.7. The second kappa shape index (κ2) is 17.2. The molecule has 6 nitrogen and oxygen atoms in total. The molecule has 0 fully saturated rings. The highest BCUT2D eigenvalue weighted by Gasteiger charge is 2.37. The zero-order chi connectivity index (χ0) is 26.2. The van der Waals surface area contributed by atoms with Crippen LogP contribution < -0.4 is 0 Å². The topological polar surface area (TPSA) is 63.2 Å². The van der Waals surface area contributed by atoms with Crippen molar-refractivity contribution >= 4 is 14.8 Å². The van der Waals surface area contributed by atoms with E-state index in [4.69, 9.17) is 22.8 Å². The summed E-state index contributed by atoms with van der Waals surface area (Å²) in [6, 6.07) is 9.68. The number of carbonyl (C=O) groups excluding carboxylic acids is 1.